The van der Waals surface area contributed by atoms with Crippen LogP contribution in [0.5, 0.6) is 0 Å². The molecule has 0 radical (unpaired) electrons. The molecule has 0 bridgehead atoms. The summed E-state index contributed by atoms with van der Waals surface area (Å²) < 4.78 is 0. The van der Waals surface area contributed by atoms with E-state index in [2.05, 4.69) is 24.3 Å². The third-order valence-electron chi connectivity index (χ3n) is 4.42. The maximum absolute atomic E-state index is 9.89. The van der Waals surface area contributed by atoms with Crippen molar-refractivity contribution in [3.63, 3.8) is 0 Å². The number of hydrogen-bond acceptors (Lipinski definition) is 1. The Morgan fingerprint density at radius 1 is 1.18 bits per heavy atom. The Morgan fingerprint density at radius 2 is 2.00 bits per heavy atom. The minimum Gasteiger partial charge on any atom is -0.393 e. The lowest BCUT2D eigenvalue weighted by atomic mass is 9.79. The van der Waals surface area contributed by atoms with Crippen LogP contribution in [-0.2, 0) is 6.42 Å². The predicted octanol–water partition coefficient (Wildman–Crippen LogP) is 3.66. The van der Waals surface area contributed by atoms with E-state index in [0.29, 0.717) is 5.92 Å². The van der Waals surface area contributed by atoms with Gasteiger partial charge >= 0.3 is 0 Å². The van der Waals surface area contributed by atoms with Gasteiger partial charge in [0.25, 0.3) is 0 Å². The monoisotopic (exact) mass is 230 g/mol. The van der Waals surface area contributed by atoms with Gasteiger partial charge in [-0.05, 0) is 61.5 Å². The van der Waals surface area contributed by atoms with E-state index in [1.807, 2.05) is 0 Å². The molecule has 92 valence electrons. The molecule has 0 saturated heterocycles. The van der Waals surface area contributed by atoms with Crippen LogP contribution in [0.15, 0.2) is 24.3 Å². The molecule has 1 unspecified atom stereocenters. The van der Waals surface area contributed by atoms with Crippen molar-refractivity contribution in [3.8, 4) is 0 Å². The van der Waals surface area contributed by atoms with Gasteiger partial charge in [-0.1, -0.05) is 30.7 Å². The molecular formula is C16H22O. The molecule has 2 saturated carbocycles. The van der Waals surface area contributed by atoms with Crippen LogP contribution in [0.2, 0.25) is 0 Å². The van der Waals surface area contributed by atoms with E-state index in [9.17, 15) is 5.11 Å². The zero-order valence-electron chi connectivity index (χ0n) is 10.4. The molecule has 0 amide bonds. The molecule has 2 aliphatic carbocycles. The molecule has 1 N–H and O–H groups in total. The third kappa shape index (κ3) is 2.71. The van der Waals surface area contributed by atoms with Gasteiger partial charge in [-0.2, -0.15) is 0 Å². The van der Waals surface area contributed by atoms with Crippen LogP contribution in [0.4, 0.5) is 0 Å². The second-order valence-electron chi connectivity index (χ2n) is 5.82. The topological polar surface area (TPSA) is 20.2 Å². The van der Waals surface area contributed by atoms with Gasteiger partial charge in [-0.3, -0.25) is 0 Å². The van der Waals surface area contributed by atoms with Crippen molar-refractivity contribution in [3.05, 3.63) is 35.4 Å². The van der Waals surface area contributed by atoms with Crippen molar-refractivity contribution in [2.24, 2.45) is 5.92 Å². The van der Waals surface area contributed by atoms with E-state index in [0.717, 1.165) is 18.8 Å². The minimum absolute atomic E-state index is 0.0534. The number of aliphatic hydroxyl groups excluding tert-OH is 1. The fourth-order valence-corrected chi connectivity index (χ4v) is 2.78. The molecule has 0 heterocycles. The van der Waals surface area contributed by atoms with Crippen molar-refractivity contribution in [2.45, 2.75) is 57.0 Å². The Morgan fingerprint density at radius 3 is 2.65 bits per heavy atom. The van der Waals surface area contributed by atoms with Gasteiger partial charge in [-0.25, -0.2) is 0 Å². The molecule has 1 aromatic rings. The summed E-state index contributed by atoms with van der Waals surface area (Å²) in [6, 6.07) is 9.03. The molecular weight excluding hydrogens is 208 g/mol. The first kappa shape index (κ1) is 11.3. The predicted molar refractivity (Wildman–Crippen MR) is 70.1 cm³/mol. The fraction of sp³-hybridized carbons (Fsp3) is 0.625. The summed E-state index contributed by atoms with van der Waals surface area (Å²) >= 11 is 0. The SMILES string of the molecule is OC(CCc1cccc(C2CCC2)c1)C1CC1. The summed E-state index contributed by atoms with van der Waals surface area (Å²) in [5, 5.41) is 9.89. The zero-order chi connectivity index (χ0) is 11.7. The molecule has 0 aromatic heterocycles. The molecule has 2 aliphatic rings. The maximum atomic E-state index is 9.89. The Kier molecular flexibility index (Phi) is 3.19. The summed E-state index contributed by atoms with van der Waals surface area (Å²) in [6.07, 6.45) is 8.55. The number of rotatable bonds is 5. The largest absolute Gasteiger partial charge is 0.393 e. The Balaban J connectivity index is 1.57. The summed E-state index contributed by atoms with van der Waals surface area (Å²) in [7, 11) is 0. The summed E-state index contributed by atoms with van der Waals surface area (Å²) in [4.78, 5) is 0. The van der Waals surface area contributed by atoms with Crippen molar-refractivity contribution in [2.75, 3.05) is 0 Å². The summed E-state index contributed by atoms with van der Waals surface area (Å²) in [5.41, 5.74) is 2.93. The molecule has 0 aliphatic heterocycles. The molecule has 1 atom stereocenters. The van der Waals surface area contributed by atoms with Gasteiger partial charge < -0.3 is 5.11 Å². The Bertz CT molecular complexity index is 377. The minimum atomic E-state index is -0.0534. The van der Waals surface area contributed by atoms with Gasteiger partial charge in [0.2, 0.25) is 0 Å². The second-order valence-corrected chi connectivity index (χ2v) is 5.82. The zero-order valence-corrected chi connectivity index (χ0v) is 10.4. The number of aliphatic hydroxyl groups is 1. The second kappa shape index (κ2) is 4.81. The molecule has 3 rings (SSSR count). The lowest BCUT2D eigenvalue weighted by molar-refractivity contribution is 0.142. The lowest BCUT2D eigenvalue weighted by Gasteiger charge is -2.26. The van der Waals surface area contributed by atoms with Crippen LogP contribution in [0.3, 0.4) is 0 Å². The van der Waals surface area contributed by atoms with Crippen LogP contribution in [0.25, 0.3) is 0 Å². The highest BCUT2D eigenvalue weighted by Gasteiger charge is 2.29. The van der Waals surface area contributed by atoms with Crippen LogP contribution < -0.4 is 0 Å². The van der Waals surface area contributed by atoms with E-state index in [1.165, 1.54) is 43.2 Å². The lowest BCUT2D eigenvalue weighted by Crippen LogP contribution is -2.11. The average Bonchev–Trinajstić information content (AvgIpc) is 3.08. The van der Waals surface area contributed by atoms with E-state index in [4.69, 9.17) is 0 Å². The van der Waals surface area contributed by atoms with Gasteiger partial charge in [0.1, 0.15) is 0 Å². The molecule has 0 spiro atoms. The van der Waals surface area contributed by atoms with E-state index in [-0.39, 0.29) is 6.10 Å². The van der Waals surface area contributed by atoms with Gasteiger partial charge in [0, 0.05) is 0 Å². The quantitative estimate of drug-likeness (QED) is 0.818. The van der Waals surface area contributed by atoms with Gasteiger partial charge in [0.05, 0.1) is 6.10 Å². The Labute approximate surface area is 104 Å². The van der Waals surface area contributed by atoms with Crippen LogP contribution in [0.1, 0.15) is 55.6 Å². The van der Waals surface area contributed by atoms with E-state index < -0.39 is 0 Å². The highest BCUT2D eigenvalue weighted by Crippen LogP contribution is 2.37. The van der Waals surface area contributed by atoms with E-state index >= 15 is 0 Å². The number of benzene rings is 1. The fourth-order valence-electron chi connectivity index (χ4n) is 2.78. The van der Waals surface area contributed by atoms with E-state index in [1.54, 1.807) is 0 Å². The average molecular weight is 230 g/mol. The molecule has 17 heavy (non-hydrogen) atoms. The first-order valence-corrected chi connectivity index (χ1v) is 7.10. The molecule has 1 nitrogen and oxygen atoms in total. The van der Waals surface area contributed by atoms with Crippen LogP contribution in [0, 0.1) is 5.92 Å². The van der Waals surface area contributed by atoms with Gasteiger partial charge in [0.15, 0.2) is 0 Å². The van der Waals surface area contributed by atoms with Crippen molar-refractivity contribution in [1.29, 1.82) is 0 Å². The maximum Gasteiger partial charge on any atom is 0.0571 e. The molecule has 1 heteroatoms. The Hall–Kier alpha value is -0.820. The number of hydrogen-bond donors (Lipinski definition) is 1. The first-order chi connectivity index (χ1) is 8.33. The van der Waals surface area contributed by atoms with Crippen LogP contribution in [-0.4, -0.2) is 11.2 Å². The van der Waals surface area contributed by atoms with Crippen molar-refractivity contribution in [1.82, 2.24) is 0 Å². The first-order valence-electron chi connectivity index (χ1n) is 7.10. The van der Waals surface area contributed by atoms with Gasteiger partial charge in [-0.15, -0.1) is 0 Å². The third-order valence-corrected chi connectivity index (χ3v) is 4.42. The summed E-state index contributed by atoms with van der Waals surface area (Å²) in [5.74, 6) is 1.44. The molecule has 1 aromatic carbocycles. The van der Waals surface area contributed by atoms with Crippen molar-refractivity contribution < 1.29 is 5.11 Å². The molecule has 2 fully saturated rings. The smallest absolute Gasteiger partial charge is 0.0571 e. The normalized spacial score (nSPS) is 22.2. The summed E-state index contributed by atoms with van der Waals surface area (Å²) in [6.45, 7) is 0. The van der Waals surface area contributed by atoms with Crippen molar-refractivity contribution >= 4 is 0 Å². The number of aryl methyl sites for hydroxylation is 1. The van der Waals surface area contributed by atoms with Crippen LogP contribution >= 0.6 is 0 Å². The highest BCUT2D eigenvalue weighted by molar-refractivity contribution is 5.27. The highest BCUT2D eigenvalue weighted by atomic mass is 16.3. The standard InChI is InChI=1S/C16H22O/c17-16(14-8-9-14)10-7-12-3-1-6-15(11-12)13-4-2-5-13/h1,3,6,11,13-14,16-17H,2,4-5,7-10H2.